The maximum Gasteiger partial charge on any atom is 0.188 e. The van der Waals surface area contributed by atoms with E-state index in [1.165, 1.54) is 5.69 Å². The third-order valence-corrected chi connectivity index (χ3v) is 5.59. The fourth-order valence-corrected chi connectivity index (χ4v) is 4.35. The maximum atomic E-state index is 13.5. The number of ketones is 1. The first kappa shape index (κ1) is 17.8. The molecule has 1 heterocycles. The van der Waals surface area contributed by atoms with Crippen molar-refractivity contribution in [3.8, 4) is 5.75 Å². The van der Waals surface area contributed by atoms with E-state index in [0.717, 1.165) is 55.5 Å². The number of ether oxygens (including phenoxy) is 1. The molecule has 2 aliphatic rings. The van der Waals surface area contributed by atoms with Gasteiger partial charge < -0.3 is 9.64 Å². The molecule has 25 heavy (non-hydrogen) atoms. The summed E-state index contributed by atoms with van der Waals surface area (Å²) in [4.78, 5) is 15.9. The molecule has 1 saturated heterocycles. The Kier molecular flexibility index (Phi) is 5.05. The predicted molar refractivity (Wildman–Crippen MR) is 103 cm³/mol. The van der Waals surface area contributed by atoms with E-state index in [1.54, 1.807) is 7.11 Å². The van der Waals surface area contributed by atoms with Gasteiger partial charge >= 0.3 is 0 Å². The summed E-state index contributed by atoms with van der Waals surface area (Å²) in [5.74, 6) is 1.12. The number of methoxy groups -OCH3 is 1. The van der Waals surface area contributed by atoms with Gasteiger partial charge in [0.15, 0.2) is 5.78 Å². The first-order valence-corrected chi connectivity index (χ1v) is 8.79. The SMILES string of the molecule is COc1ccc2c(c1)CCC1(CCCCN1c1ccccc1)C2=O.Cl. The van der Waals surface area contributed by atoms with Crippen molar-refractivity contribution in [2.75, 3.05) is 18.6 Å². The number of hydrogen-bond donors (Lipinski definition) is 0. The van der Waals surface area contributed by atoms with Gasteiger partial charge in [0.25, 0.3) is 0 Å². The van der Waals surface area contributed by atoms with Gasteiger partial charge in [-0.15, -0.1) is 12.4 Å². The van der Waals surface area contributed by atoms with Gasteiger partial charge in [-0.3, -0.25) is 4.79 Å². The minimum Gasteiger partial charge on any atom is -0.497 e. The third-order valence-electron chi connectivity index (χ3n) is 5.59. The fraction of sp³-hybridized carbons (Fsp3) is 0.381. The molecule has 0 amide bonds. The van der Waals surface area contributed by atoms with Crippen LogP contribution in [0, 0.1) is 0 Å². The number of aryl methyl sites for hydroxylation is 1. The van der Waals surface area contributed by atoms with Gasteiger partial charge in [-0.05, 0) is 68.0 Å². The molecule has 1 spiro atoms. The molecule has 0 radical (unpaired) electrons. The van der Waals surface area contributed by atoms with Crippen molar-refractivity contribution in [3.63, 3.8) is 0 Å². The van der Waals surface area contributed by atoms with Crippen molar-refractivity contribution in [1.82, 2.24) is 0 Å². The van der Waals surface area contributed by atoms with Crippen LogP contribution < -0.4 is 9.64 Å². The molecular weight excluding hydrogens is 334 g/mol. The summed E-state index contributed by atoms with van der Waals surface area (Å²) < 4.78 is 5.32. The van der Waals surface area contributed by atoms with Gasteiger partial charge in [-0.2, -0.15) is 0 Å². The molecule has 3 nitrogen and oxygen atoms in total. The second-order valence-electron chi connectivity index (χ2n) is 6.83. The molecule has 2 aromatic carbocycles. The van der Waals surface area contributed by atoms with E-state index in [1.807, 2.05) is 24.3 Å². The lowest BCUT2D eigenvalue weighted by molar-refractivity contribution is 0.0827. The van der Waals surface area contributed by atoms with Gasteiger partial charge in [0.05, 0.1) is 7.11 Å². The molecule has 0 bridgehead atoms. The van der Waals surface area contributed by atoms with E-state index in [9.17, 15) is 4.79 Å². The summed E-state index contributed by atoms with van der Waals surface area (Å²) in [6.45, 7) is 0.960. The number of benzene rings is 2. The molecule has 4 rings (SSSR count). The lowest BCUT2D eigenvalue weighted by Gasteiger charge is -2.49. The standard InChI is InChI=1S/C21H23NO2.ClH/c1-24-18-9-10-19-16(15-18)11-13-21(20(19)23)12-5-6-14-22(21)17-7-3-2-4-8-17;/h2-4,7-10,15H,5-6,11-14H2,1H3;1H. The lowest BCUT2D eigenvalue weighted by Crippen LogP contribution is -2.59. The molecule has 2 aromatic rings. The Labute approximate surface area is 155 Å². The first-order chi connectivity index (χ1) is 11.7. The van der Waals surface area contributed by atoms with Crippen molar-refractivity contribution >= 4 is 23.9 Å². The number of carbonyl (C=O) groups excluding carboxylic acids is 1. The highest BCUT2D eigenvalue weighted by atomic mass is 35.5. The zero-order valence-corrected chi connectivity index (χ0v) is 15.3. The second kappa shape index (κ2) is 7.09. The van der Waals surface area contributed by atoms with Gasteiger partial charge in [-0.1, -0.05) is 18.2 Å². The quantitative estimate of drug-likeness (QED) is 0.781. The number of piperidine rings is 1. The predicted octanol–water partition coefficient (Wildman–Crippen LogP) is 4.68. The average Bonchev–Trinajstić information content (AvgIpc) is 2.66. The Morgan fingerprint density at radius 3 is 2.60 bits per heavy atom. The smallest absolute Gasteiger partial charge is 0.188 e. The number of para-hydroxylation sites is 1. The monoisotopic (exact) mass is 357 g/mol. The zero-order chi connectivity index (χ0) is 16.6. The molecule has 0 saturated carbocycles. The van der Waals surface area contributed by atoms with Crippen molar-refractivity contribution in [2.45, 2.75) is 37.6 Å². The average molecular weight is 358 g/mol. The van der Waals surface area contributed by atoms with Gasteiger partial charge in [0, 0.05) is 17.8 Å². The molecule has 1 aliphatic heterocycles. The van der Waals surface area contributed by atoms with Crippen LogP contribution in [0.2, 0.25) is 0 Å². The Bertz CT molecular complexity index is 762. The van der Waals surface area contributed by atoms with Gasteiger partial charge in [0.1, 0.15) is 11.3 Å². The van der Waals surface area contributed by atoms with Crippen LogP contribution in [0.4, 0.5) is 5.69 Å². The number of halogens is 1. The van der Waals surface area contributed by atoms with Crippen LogP contribution in [0.15, 0.2) is 48.5 Å². The van der Waals surface area contributed by atoms with E-state index in [4.69, 9.17) is 4.74 Å². The van der Waals surface area contributed by atoms with Gasteiger partial charge in [0.2, 0.25) is 0 Å². The summed E-state index contributed by atoms with van der Waals surface area (Å²) in [5.41, 5.74) is 2.80. The van der Waals surface area contributed by atoms with E-state index >= 15 is 0 Å². The zero-order valence-electron chi connectivity index (χ0n) is 14.5. The summed E-state index contributed by atoms with van der Waals surface area (Å²) >= 11 is 0. The summed E-state index contributed by atoms with van der Waals surface area (Å²) in [5, 5.41) is 0. The van der Waals surface area contributed by atoms with Crippen LogP contribution in [0.1, 0.15) is 41.6 Å². The molecule has 4 heteroatoms. The van der Waals surface area contributed by atoms with Crippen LogP contribution >= 0.6 is 12.4 Å². The Morgan fingerprint density at radius 2 is 1.84 bits per heavy atom. The minimum atomic E-state index is -0.374. The molecule has 1 unspecified atom stereocenters. The minimum absolute atomic E-state index is 0. The van der Waals surface area contributed by atoms with Crippen LogP contribution in [0.3, 0.4) is 0 Å². The number of anilines is 1. The molecule has 1 aliphatic carbocycles. The Morgan fingerprint density at radius 1 is 1.04 bits per heavy atom. The highest BCUT2D eigenvalue weighted by molar-refractivity contribution is 6.07. The second-order valence-corrected chi connectivity index (χ2v) is 6.83. The Hall–Kier alpha value is -2.00. The summed E-state index contributed by atoms with van der Waals surface area (Å²) in [7, 11) is 1.67. The van der Waals surface area contributed by atoms with Crippen LogP contribution in [-0.2, 0) is 6.42 Å². The lowest BCUT2D eigenvalue weighted by atomic mass is 9.71. The van der Waals surface area contributed by atoms with E-state index in [0.29, 0.717) is 0 Å². The largest absolute Gasteiger partial charge is 0.497 e. The van der Waals surface area contributed by atoms with E-state index in [2.05, 4.69) is 29.2 Å². The number of fused-ring (bicyclic) bond motifs is 1. The van der Waals surface area contributed by atoms with E-state index < -0.39 is 0 Å². The molecule has 1 fully saturated rings. The normalized spacial score (nSPS) is 22.3. The number of nitrogens with zero attached hydrogens (tertiary/aromatic N) is 1. The van der Waals surface area contributed by atoms with Crippen molar-refractivity contribution in [2.24, 2.45) is 0 Å². The third kappa shape index (κ3) is 2.91. The molecule has 0 aromatic heterocycles. The molecule has 1 atom stereocenters. The van der Waals surface area contributed by atoms with E-state index in [-0.39, 0.29) is 23.7 Å². The van der Waals surface area contributed by atoms with Crippen LogP contribution in [0.5, 0.6) is 5.75 Å². The number of hydrogen-bond acceptors (Lipinski definition) is 3. The summed E-state index contributed by atoms with van der Waals surface area (Å²) in [6, 6.07) is 16.3. The van der Waals surface area contributed by atoms with Crippen molar-refractivity contribution in [3.05, 3.63) is 59.7 Å². The number of rotatable bonds is 2. The van der Waals surface area contributed by atoms with Crippen LogP contribution in [0.25, 0.3) is 0 Å². The molecule has 132 valence electrons. The van der Waals surface area contributed by atoms with Gasteiger partial charge in [-0.25, -0.2) is 0 Å². The van der Waals surface area contributed by atoms with Crippen molar-refractivity contribution in [1.29, 1.82) is 0 Å². The van der Waals surface area contributed by atoms with Crippen LogP contribution in [-0.4, -0.2) is 25.0 Å². The Balaban J connectivity index is 0.00000182. The first-order valence-electron chi connectivity index (χ1n) is 8.79. The highest BCUT2D eigenvalue weighted by Gasteiger charge is 2.48. The van der Waals surface area contributed by atoms with Crippen molar-refractivity contribution < 1.29 is 9.53 Å². The molecule has 0 N–H and O–H groups in total. The fourth-order valence-electron chi connectivity index (χ4n) is 4.35. The highest BCUT2D eigenvalue weighted by Crippen LogP contribution is 2.42. The number of Topliss-reactive ketones (excluding diaryl/α,β-unsaturated/α-hetero) is 1. The number of carbonyl (C=O) groups is 1. The maximum absolute atomic E-state index is 13.5. The summed E-state index contributed by atoms with van der Waals surface area (Å²) in [6.07, 6.45) is 5.05. The molecular formula is C21H24ClNO2. The topological polar surface area (TPSA) is 29.5 Å².